The van der Waals surface area contributed by atoms with E-state index in [1.165, 1.54) is 4.90 Å². The zero-order chi connectivity index (χ0) is 17.1. The van der Waals surface area contributed by atoms with Gasteiger partial charge in [-0.3, -0.25) is 19.3 Å². The highest BCUT2D eigenvalue weighted by Gasteiger charge is 2.45. The number of para-hydroxylation sites is 1. The third kappa shape index (κ3) is 3.39. The third-order valence-corrected chi connectivity index (χ3v) is 3.49. The Kier molecular flexibility index (Phi) is 4.78. The van der Waals surface area contributed by atoms with Gasteiger partial charge in [0.25, 0.3) is 0 Å². The lowest BCUT2D eigenvalue weighted by molar-refractivity contribution is -0.144. The molecule has 2 rings (SSSR count). The van der Waals surface area contributed by atoms with E-state index in [-0.39, 0.29) is 12.5 Å². The molecule has 1 aromatic rings. The monoisotopic (exact) mass is 317 g/mol. The first-order chi connectivity index (χ1) is 10.8. The van der Waals surface area contributed by atoms with Gasteiger partial charge >= 0.3 is 17.8 Å². The SMILES string of the molecule is CC(C)CN1C(=O)C(=O)N(CC(=O)N(C)c2ccccc2)C1=O. The van der Waals surface area contributed by atoms with Crippen molar-refractivity contribution in [1.29, 1.82) is 0 Å². The molecule has 1 aliphatic heterocycles. The predicted octanol–water partition coefficient (Wildman–Crippen LogP) is 1.10. The number of rotatable bonds is 5. The van der Waals surface area contributed by atoms with Crippen molar-refractivity contribution in [1.82, 2.24) is 9.80 Å². The van der Waals surface area contributed by atoms with Crippen LogP contribution in [-0.4, -0.2) is 53.7 Å². The molecule has 0 N–H and O–H groups in total. The van der Waals surface area contributed by atoms with E-state index in [9.17, 15) is 19.2 Å². The minimum absolute atomic E-state index is 0.0401. The van der Waals surface area contributed by atoms with Gasteiger partial charge in [0.2, 0.25) is 5.91 Å². The molecule has 7 nitrogen and oxygen atoms in total. The molecule has 7 heteroatoms. The van der Waals surface area contributed by atoms with Gasteiger partial charge in [0.15, 0.2) is 0 Å². The summed E-state index contributed by atoms with van der Waals surface area (Å²) >= 11 is 0. The van der Waals surface area contributed by atoms with Crippen LogP contribution in [-0.2, 0) is 14.4 Å². The van der Waals surface area contributed by atoms with Gasteiger partial charge < -0.3 is 4.90 Å². The Bertz CT molecular complexity index is 642. The summed E-state index contributed by atoms with van der Waals surface area (Å²) in [7, 11) is 1.55. The van der Waals surface area contributed by atoms with Crippen molar-refractivity contribution in [2.75, 3.05) is 25.0 Å². The van der Waals surface area contributed by atoms with Crippen LogP contribution in [0.4, 0.5) is 10.5 Å². The van der Waals surface area contributed by atoms with Crippen molar-refractivity contribution in [2.45, 2.75) is 13.8 Å². The summed E-state index contributed by atoms with van der Waals surface area (Å²) in [5.74, 6) is -2.24. The number of likely N-dealkylation sites (N-methyl/N-ethyl adjacent to an activating group) is 1. The molecule has 0 saturated carbocycles. The summed E-state index contributed by atoms with van der Waals surface area (Å²) in [6, 6.07) is 8.11. The lowest BCUT2D eigenvalue weighted by Crippen LogP contribution is -2.42. The first-order valence-corrected chi connectivity index (χ1v) is 7.31. The zero-order valence-electron chi connectivity index (χ0n) is 13.4. The molecule has 1 heterocycles. The Labute approximate surface area is 134 Å². The second-order valence-electron chi connectivity index (χ2n) is 5.77. The van der Waals surface area contributed by atoms with Crippen molar-refractivity contribution < 1.29 is 19.2 Å². The molecule has 0 unspecified atom stereocenters. The van der Waals surface area contributed by atoms with E-state index in [0.29, 0.717) is 10.6 Å². The Morgan fingerprint density at radius 2 is 1.61 bits per heavy atom. The van der Waals surface area contributed by atoms with Gasteiger partial charge in [-0.1, -0.05) is 32.0 Å². The van der Waals surface area contributed by atoms with E-state index in [1.807, 2.05) is 19.9 Å². The van der Waals surface area contributed by atoms with Crippen LogP contribution in [0, 0.1) is 5.92 Å². The van der Waals surface area contributed by atoms with Crippen molar-refractivity contribution >= 4 is 29.4 Å². The van der Waals surface area contributed by atoms with Crippen molar-refractivity contribution in [3.05, 3.63) is 30.3 Å². The highest BCUT2D eigenvalue weighted by atomic mass is 16.2. The first kappa shape index (κ1) is 16.7. The molecule has 0 aromatic heterocycles. The van der Waals surface area contributed by atoms with Crippen molar-refractivity contribution in [3.63, 3.8) is 0 Å². The highest BCUT2D eigenvalue weighted by Crippen LogP contribution is 2.16. The number of nitrogens with zero attached hydrogens (tertiary/aromatic N) is 3. The molecule has 1 saturated heterocycles. The zero-order valence-corrected chi connectivity index (χ0v) is 13.4. The maximum absolute atomic E-state index is 12.3. The molecule has 0 bridgehead atoms. The Balaban J connectivity index is 2.10. The minimum Gasteiger partial charge on any atom is -0.314 e. The van der Waals surface area contributed by atoms with E-state index in [4.69, 9.17) is 0 Å². The van der Waals surface area contributed by atoms with E-state index < -0.39 is 30.3 Å². The molecule has 0 spiro atoms. The van der Waals surface area contributed by atoms with Crippen LogP contribution in [0.5, 0.6) is 0 Å². The molecule has 0 aliphatic carbocycles. The van der Waals surface area contributed by atoms with Crippen LogP contribution in [0.1, 0.15) is 13.8 Å². The maximum Gasteiger partial charge on any atom is 0.334 e. The van der Waals surface area contributed by atoms with Crippen LogP contribution in [0.2, 0.25) is 0 Å². The van der Waals surface area contributed by atoms with Crippen LogP contribution >= 0.6 is 0 Å². The molecule has 0 radical (unpaired) electrons. The van der Waals surface area contributed by atoms with E-state index in [2.05, 4.69) is 0 Å². The summed E-state index contributed by atoms with van der Waals surface area (Å²) in [4.78, 5) is 51.2. The molecule has 1 aromatic carbocycles. The molecule has 5 amide bonds. The fourth-order valence-electron chi connectivity index (χ4n) is 2.25. The fourth-order valence-corrected chi connectivity index (χ4v) is 2.25. The van der Waals surface area contributed by atoms with Gasteiger partial charge in [-0.25, -0.2) is 9.69 Å². The number of carbonyl (C=O) groups excluding carboxylic acids is 4. The topological polar surface area (TPSA) is 78.0 Å². The molecule has 23 heavy (non-hydrogen) atoms. The van der Waals surface area contributed by atoms with Crippen LogP contribution in [0.15, 0.2) is 30.3 Å². The molecule has 1 fully saturated rings. The quantitative estimate of drug-likeness (QED) is 0.602. The minimum atomic E-state index is -0.953. The second-order valence-corrected chi connectivity index (χ2v) is 5.77. The van der Waals surface area contributed by atoms with Crippen LogP contribution in [0.25, 0.3) is 0 Å². The number of hydrogen-bond acceptors (Lipinski definition) is 4. The van der Waals surface area contributed by atoms with Crippen molar-refractivity contribution in [2.24, 2.45) is 5.92 Å². The molecular weight excluding hydrogens is 298 g/mol. The van der Waals surface area contributed by atoms with Crippen molar-refractivity contribution in [3.8, 4) is 0 Å². The second kappa shape index (κ2) is 6.60. The first-order valence-electron chi connectivity index (χ1n) is 7.31. The van der Waals surface area contributed by atoms with Gasteiger partial charge in [0.1, 0.15) is 6.54 Å². The number of benzene rings is 1. The van der Waals surface area contributed by atoms with Gasteiger partial charge in [0.05, 0.1) is 0 Å². The average molecular weight is 317 g/mol. The third-order valence-electron chi connectivity index (χ3n) is 3.49. The summed E-state index contributed by atoms with van der Waals surface area (Å²) in [6.45, 7) is 3.37. The van der Waals surface area contributed by atoms with Gasteiger partial charge in [0, 0.05) is 19.3 Å². The predicted molar refractivity (Wildman–Crippen MR) is 83.5 cm³/mol. The summed E-state index contributed by atoms with van der Waals surface area (Å²) < 4.78 is 0. The molecule has 0 atom stereocenters. The van der Waals surface area contributed by atoms with Crippen LogP contribution in [0.3, 0.4) is 0 Å². The summed E-state index contributed by atoms with van der Waals surface area (Å²) in [5, 5.41) is 0. The molecular formula is C16H19N3O4. The normalized spacial score (nSPS) is 14.9. The summed E-state index contributed by atoms with van der Waals surface area (Å²) in [5.41, 5.74) is 0.641. The summed E-state index contributed by atoms with van der Waals surface area (Å²) in [6.07, 6.45) is 0. The largest absolute Gasteiger partial charge is 0.334 e. The lowest BCUT2D eigenvalue weighted by Gasteiger charge is -2.21. The smallest absolute Gasteiger partial charge is 0.314 e. The van der Waals surface area contributed by atoms with Gasteiger partial charge in [-0.15, -0.1) is 0 Å². The number of hydrogen-bond donors (Lipinski definition) is 0. The Morgan fingerprint density at radius 1 is 1.04 bits per heavy atom. The van der Waals surface area contributed by atoms with E-state index in [1.54, 1.807) is 31.3 Å². The van der Waals surface area contributed by atoms with Gasteiger partial charge in [-0.2, -0.15) is 0 Å². The number of anilines is 1. The highest BCUT2D eigenvalue weighted by molar-refractivity contribution is 6.45. The molecule has 122 valence electrons. The molecule has 1 aliphatic rings. The Morgan fingerprint density at radius 3 is 2.17 bits per heavy atom. The average Bonchev–Trinajstić information content (AvgIpc) is 2.72. The lowest BCUT2D eigenvalue weighted by atomic mass is 10.2. The number of urea groups is 1. The van der Waals surface area contributed by atoms with Crippen LogP contribution < -0.4 is 4.90 Å². The number of amides is 5. The Hall–Kier alpha value is -2.70. The standard InChI is InChI=1S/C16H19N3O4/c1-11(2)9-18-14(21)15(22)19(16(18)23)10-13(20)17(3)12-7-5-4-6-8-12/h4-8,11H,9-10H2,1-3H3. The number of imide groups is 2. The van der Waals surface area contributed by atoms with E-state index >= 15 is 0 Å². The maximum atomic E-state index is 12.3. The fraction of sp³-hybridized carbons (Fsp3) is 0.375. The van der Waals surface area contributed by atoms with Gasteiger partial charge in [-0.05, 0) is 18.1 Å². The number of carbonyl (C=O) groups is 4. The van der Waals surface area contributed by atoms with E-state index in [0.717, 1.165) is 4.90 Å².